The van der Waals surface area contributed by atoms with Gasteiger partial charge in [0, 0.05) is 18.6 Å². The van der Waals surface area contributed by atoms with Crippen LogP contribution in [0.4, 0.5) is 0 Å². The largest absolute Gasteiger partial charge is 0.368 e. The van der Waals surface area contributed by atoms with E-state index in [0.717, 1.165) is 38.1 Å². The van der Waals surface area contributed by atoms with E-state index in [0.29, 0.717) is 12.1 Å². The molecule has 21 heavy (non-hydrogen) atoms. The van der Waals surface area contributed by atoms with Crippen molar-refractivity contribution in [2.24, 2.45) is 11.7 Å². The lowest BCUT2D eigenvalue weighted by molar-refractivity contribution is -0.127. The average Bonchev–Trinajstić information content (AvgIpc) is 3.26. The summed E-state index contributed by atoms with van der Waals surface area (Å²) in [6, 6.07) is 1.04. The van der Waals surface area contributed by atoms with E-state index in [2.05, 4.69) is 31.0 Å². The first-order chi connectivity index (χ1) is 9.98. The van der Waals surface area contributed by atoms with Gasteiger partial charge in [-0.05, 0) is 71.3 Å². The van der Waals surface area contributed by atoms with Gasteiger partial charge in [0.2, 0.25) is 5.91 Å². The lowest BCUT2D eigenvalue weighted by Gasteiger charge is -2.45. The second kappa shape index (κ2) is 7.10. The molecule has 0 spiro atoms. The Labute approximate surface area is 129 Å². The van der Waals surface area contributed by atoms with E-state index in [9.17, 15) is 4.79 Å². The minimum atomic E-state index is -0.477. The van der Waals surface area contributed by atoms with Crippen molar-refractivity contribution in [3.8, 4) is 0 Å². The van der Waals surface area contributed by atoms with E-state index >= 15 is 0 Å². The maximum absolute atomic E-state index is 12.1. The third-order valence-electron chi connectivity index (χ3n) is 5.21. The number of rotatable bonds is 8. The molecule has 4 nitrogen and oxygen atoms in total. The number of hydrogen-bond donors (Lipinski definition) is 2. The molecule has 2 rings (SSSR count). The molecule has 122 valence electrons. The Hall–Kier alpha value is -0.610. The van der Waals surface area contributed by atoms with Crippen LogP contribution in [-0.4, -0.2) is 41.5 Å². The minimum absolute atomic E-state index is 0.157. The molecular weight excluding hydrogens is 262 g/mol. The molecule has 3 N–H and O–H groups in total. The first-order valence-electron chi connectivity index (χ1n) is 8.79. The van der Waals surface area contributed by atoms with Crippen molar-refractivity contribution in [1.29, 1.82) is 0 Å². The summed E-state index contributed by atoms with van der Waals surface area (Å²) in [5, 5.41) is 3.48. The van der Waals surface area contributed by atoms with Gasteiger partial charge in [-0.2, -0.15) is 0 Å². The number of carbonyl (C=O) groups is 1. The summed E-state index contributed by atoms with van der Waals surface area (Å²) in [6.45, 7) is 8.77. The fraction of sp³-hybridized carbons (Fsp3) is 0.941. The fourth-order valence-corrected chi connectivity index (χ4v) is 3.74. The molecule has 0 bridgehead atoms. The lowest BCUT2D eigenvalue weighted by Crippen LogP contribution is -2.61. The molecule has 2 fully saturated rings. The van der Waals surface area contributed by atoms with Crippen LogP contribution in [0.25, 0.3) is 0 Å². The van der Waals surface area contributed by atoms with E-state index in [1.165, 1.54) is 25.8 Å². The molecule has 2 saturated carbocycles. The Bertz CT molecular complexity index is 354. The number of hydrogen-bond acceptors (Lipinski definition) is 3. The van der Waals surface area contributed by atoms with Crippen molar-refractivity contribution >= 4 is 5.91 Å². The smallest absolute Gasteiger partial charge is 0.237 e. The standard InChI is InChI=1S/C17H33N3O/c1-4-10-19-17(16(18)21)9-5-6-15(11-17)20(13(2)3)12-14-7-8-14/h13-15,19H,4-12H2,1-3H3,(H2,18,21). The van der Waals surface area contributed by atoms with Crippen molar-refractivity contribution in [1.82, 2.24) is 10.2 Å². The Morgan fingerprint density at radius 3 is 2.62 bits per heavy atom. The number of nitrogens with zero attached hydrogens (tertiary/aromatic N) is 1. The van der Waals surface area contributed by atoms with Gasteiger partial charge in [0.25, 0.3) is 0 Å². The molecule has 0 aromatic heterocycles. The fourth-order valence-electron chi connectivity index (χ4n) is 3.74. The molecule has 0 saturated heterocycles. The SMILES string of the molecule is CCCNC1(C(N)=O)CCCC(N(CC2CC2)C(C)C)C1. The Kier molecular flexibility index (Phi) is 5.67. The number of nitrogens with one attached hydrogen (secondary N) is 1. The van der Waals surface area contributed by atoms with Crippen LogP contribution in [0.1, 0.15) is 65.7 Å². The molecule has 0 heterocycles. The van der Waals surface area contributed by atoms with Crippen LogP contribution in [0, 0.1) is 5.92 Å². The summed E-state index contributed by atoms with van der Waals surface area (Å²) in [7, 11) is 0. The number of amides is 1. The summed E-state index contributed by atoms with van der Waals surface area (Å²) < 4.78 is 0. The molecular formula is C17H33N3O. The molecule has 0 radical (unpaired) electrons. The van der Waals surface area contributed by atoms with Gasteiger partial charge in [-0.1, -0.05) is 6.92 Å². The van der Waals surface area contributed by atoms with Crippen molar-refractivity contribution in [3.63, 3.8) is 0 Å². The van der Waals surface area contributed by atoms with Crippen LogP contribution in [0.3, 0.4) is 0 Å². The summed E-state index contributed by atoms with van der Waals surface area (Å²) in [5.41, 5.74) is 5.30. The average molecular weight is 295 g/mol. The first kappa shape index (κ1) is 16.8. The molecule has 0 aromatic rings. The summed E-state index contributed by atoms with van der Waals surface area (Å²) in [4.78, 5) is 14.7. The molecule has 0 aromatic carbocycles. The first-order valence-corrected chi connectivity index (χ1v) is 8.79. The number of primary amides is 1. The summed E-state index contributed by atoms with van der Waals surface area (Å²) >= 11 is 0. The van der Waals surface area contributed by atoms with Gasteiger partial charge < -0.3 is 11.1 Å². The molecule has 4 heteroatoms. The second-order valence-electron chi connectivity index (χ2n) is 7.36. The zero-order valence-corrected chi connectivity index (χ0v) is 14.0. The zero-order chi connectivity index (χ0) is 15.5. The maximum Gasteiger partial charge on any atom is 0.237 e. The molecule has 0 aliphatic heterocycles. The van der Waals surface area contributed by atoms with Gasteiger partial charge in [0.1, 0.15) is 0 Å². The van der Waals surface area contributed by atoms with Crippen LogP contribution in [0.5, 0.6) is 0 Å². The van der Waals surface area contributed by atoms with Gasteiger partial charge in [0.15, 0.2) is 0 Å². The third kappa shape index (κ3) is 4.19. The number of carbonyl (C=O) groups excluding carboxylic acids is 1. The van der Waals surface area contributed by atoms with Crippen LogP contribution in [0.2, 0.25) is 0 Å². The van der Waals surface area contributed by atoms with Gasteiger partial charge in [-0.25, -0.2) is 0 Å². The van der Waals surface area contributed by atoms with Gasteiger partial charge in [-0.15, -0.1) is 0 Å². The Morgan fingerprint density at radius 2 is 2.10 bits per heavy atom. The molecule has 1 amide bonds. The van der Waals surface area contributed by atoms with E-state index in [-0.39, 0.29) is 5.91 Å². The van der Waals surface area contributed by atoms with E-state index in [4.69, 9.17) is 5.73 Å². The van der Waals surface area contributed by atoms with Crippen molar-refractivity contribution < 1.29 is 4.79 Å². The predicted octanol–water partition coefficient (Wildman–Crippen LogP) is 2.27. The maximum atomic E-state index is 12.1. The van der Waals surface area contributed by atoms with Gasteiger partial charge in [-0.3, -0.25) is 9.69 Å². The van der Waals surface area contributed by atoms with Crippen LogP contribution in [0.15, 0.2) is 0 Å². The Balaban J connectivity index is 2.06. The second-order valence-corrected chi connectivity index (χ2v) is 7.36. The lowest BCUT2D eigenvalue weighted by atomic mass is 9.77. The van der Waals surface area contributed by atoms with E-state index in [1.807, 2.05) is 0 Å². The highest BCUT2D eigenvalue weighted by Gasteiger charge is 2.43. The summed E-state index contributed by atoms with van der Waals surface area (Å²) in [6.07, 6.45) is 7.87. The van der Waals surface area contributed by atoms with E-state index in [1.54, 1.807) is 0 Å². The number of nitrogens with two attached hydrogens (primary N) is 1. The summed E-state index contributed by atoms with van der Waals surface area (Å²) in [5.74, 6) is 0.733. The van der Waals surface area contributed by atoms with Crippen molar-refractivity contribution in [3.05, 3.63) is 0 Å². The van der Waals surface area contributed by atoms with E-state index < -0.39 is 5.54 Å². The van der Waals surface area contributed by atoms with Gasteiger partial charge >= 0.3 is 0 Å². The zero-order valence-electron chi connectivity index (χ0n) is 14.0. The topological polar surface area (TPSA) is 58.4 Å². The molecule has 2 aliphatic carbocycles. The van der Waals surface area contributed by atoms with Crippen molar-refractivity contribution in [2.45, 2.75) is 83.3 Å². The minimum Gasteiger partial charge on any atom is -0.368 e. The highest BCUT2D eigenvalue weighted by molar-refractivity contribution is 5.84. The van der Waals surface area contributed by atoms with Crippen LogP contribution in [-0.2, 0) is 4.79 Å². The monoisotopic (exact) mass is 295 g/mol. The highest BCUT2D eigenvalue weighted by atomic mass is 16.1. The molecule has 2 aliphatic rings. The predicted molar refractivity (Wildman–Crippen MR) is 87.0 cm³/mol. The third-order valence-corrected chi connectivity index (χ3v) is 5.21. The van der Waals surface area contributed by atoms with Crippen LogP contribution >= 0.6 is 0 Å². The normalized spacial score (nSPS) is 30.0. The highest BCUT2D eigenvalue weighted by Crippen LogP contribution is 2.36. The quantitative estimate of drug-likeness (QED) is 0.722. The Morgan fingerprint density at radius 1 is 1.38 bits per heavy atom. The van der Waals surface area contributed by atoms with Crippen LogP contribution < -0.4 is 11.1 Å². The van der Waals surface area contributed by atoms with Crippen molar-refractivity contribution in [2.75, 3.05) is 13.1 Å². The molecule has 2 atom stereocenters. The molecule has 2 unspecified atom stereocenters. The van der Waals surface area contributed by atoms with Gasteiger partial charge in [0.05, 0.1) is 5.54 Å².